The van der Waals surface area contributed by atoms with Gasteiger partial charge >= 0.3 is 0 Å². The molecule has 0 bridgehead atoms. The number of primary sulfonamides is 1. The molecule has 8 heteroatoms. The normalized spacial score (nSPS) is 19.8. The van der Waals surface area contributed by atoms with Gasteiger partial charge in [-0.25, -0.2) is 13.6 Å². The van der Waals surface area contributed by atoms with Crippen LogP contribution in [0.4, 0.5) is 5.82 Å². The van der Waals surface area contributed by atoms with Gasteiger partial charge in [-0.1, -0.05) is 0 Å². The molecule has 19 heavy (non-hydrogen) atoms. The highest BCUT2D eigenvalue weighted by Gasteiger charge is 2.38. The van der Waals surface area contributed by atoms with E-state index in [1.807, 2.05) is 6.07 Å². The number of hydrogen-bond acceptors (Lipinski definition) is 4. The zero-order valence-electron chi connectivity index (χ0n) is 10.6. The van der Waals surface area contributed by atoms with Gasteiger partial charge in [-0.2, -0.15) is 5.26 Å². The molecule has 1 aliphatic rings. The van der Waals surface area contributed by atoms with Crippen molar-refractivity contribution in [3.05, 3.63) is 16.8 Å². The van der Waals surface area contributed by atoms with Crippen LogP contribution in [0.2, 0.25) is 0 Å². The molecule has 1 unspecified atom stereocenters. The average Bonchev–Trinajstić information content (AvgIpc) is 2.81. The molecule has 1 saturated heterocycles. The van der Waals surface area contributed by atoms with Crippen LogP contribution in [0.15, 0.2) is 0 Å². The van der Waals surface area contributed by atoms with Crippen LogP contribution in [0.25, 0.3) is 0 Å². The van der Waals surface area contributed by atoms with Crippen molar-refractivity contribution in [2.24, 2.45) is 5.14 Å². The summed E-state index contributed by atoms with van der Waals surface area (Å²) in [6, 6.07) is 2.03. The van der Waals surface area contributed by atoms with Crippen LogP contribution >= 0.6 is 0 Å². The number of aromatic nitrogens is 1. The number of aryl methyl sites for hydroxylation is 1. The highest BCUT2D eigenvalue weighted by atomic mass is 32.2. The van der Waals surface area contributed by atoms with E-state index in [2.05, 4.69) is 4.98 Å². The first-order valence-corrected chi connectivity index (χ1v) is 7.28. The lowest BCUT2D eigenvalue weighted by Crippen LogP contribution is -2.32. The molecular formula is C11H14N4O3S. The number of H-pyrrole nitrogens is 1. The Kier molecular flexibility index (Phi) is 3.12. The maximum Gasteiger partial charge on any atom is 0.229 e. The third-order valence-corrected chi connectivity index (χ3v) is 4.66. The quantitative estimate of drug-likeness (QED) is 0.786. The monoisotopic (exact) mass is 282 g/mol. The maximum absolute atomic E-state index is 11.9. The fraction of sp³-hybridized carbons (Fsp3) is 0.455. The Bertz CT molecular complexity index is 684. The summed E-state index contributed by atoms with van der Waals surface area (Å²) in [5.41, 5.74) is 1.89. The van der Waals surface area contributed by atoms with Gasteiger partial charge < -0.3 is 4.98 Å². The van der Waals surface area contributed by atoms with Crippen molar-refractivity contribution in [2.75, 3.05) is 11.4 Å². The molecule has 7 nitrogen and oxygen atoms in total. The van der Waals surface area contributed by atoms with E-state index >= 15 is 0 Å². The lowest BCUT2D eigenvalue weighted by atomic mass is 10.2. The molecule has 1 aliphatic heterocycles. The summed E-state index contributed by atoms with van der Waals surface area (Å²) in [5, 5.41) is 13.3. The summed E-state index contributed by atoms with van der Waals surface area (Å²) < 4.78 is 22.6. The Morgan fingerprint density at radius 1 is 1.47 bits per heavy atom. The smallest absolute Gasteiger partial charge is 0.229 e. The number of nitrogens with one attached hydrogen (secondary N) is 1. The summed E-state index contributed by atoms with van der Waals surface area (Å²) in [5.74, 6) is 0.00502. The number of hydrogen-bond donors (Lipinski definition) is 2. The van der Waals surface area contributed by atoms with Crippen LogP contribution in [0, 0.1) is 25.2 Å². The predicted octanol–water partition coefficient (Wildman–Crippen LogP) is -0.103. The second-order valence-electron chi connectivity index (χ2n) is 4.63. The SMILES string of the molecule is Cc1[nH]c(N2CC(S(N)(=O)=O)CC2=O)c(C#N)c1C. The third-order valence-electron chi connectivity index (χ3n) is 3.42. The third kappa shape index (κ3) is 2.22. The molecule has 1 aromatic rings. The predicted molar refractivity (Wildman–Crippen MR) is 68.8 cm³/mol. The van der Waals surface area contributed by atoms with Crippen molar-refractivity contribution in [1.29, 1.82) is 5.26 Å². The van der Waals surface area contributed by atoms with E-state index in [4.69, 9.17) is 10.4 Å². The van der Waals surface area contributed by atoms with E-state index < -0.39 is 15.3 Å². The van der Waals surface area contributed by atoms with Gasteiger partial charge in [0.05, 0.1) is 5.56 Å². The molecule has 0 aromatic carbocycles. The van der Waals surface area contributed by atoms with Gasteiger partial charge in [0.25, 0.3) is 0 Å². The lowest BCUT2D eigenvalue weighted by Gasteiger charge is -2.14. The standard InChI is InChI=1S/C11H14N4O3S/c1-6-7(2)14-11(9(6)4-12)15-5-8(3-10(15)16)19(13,17)18/h8,14H,3,5H2,1-2H3,(H2,13,17,18). The van der Waals surface area contributed by atoms with Crippen molar-refractivity contribution in [3.63, 3.8) is 0 Å². The van der Waals surface area contributed by atoms with Crippen molar-refractivity contribution in [2.45, 2.75) is 25.5 Å². The Hall–Kier alpha value is -1.85. The first-order chi connectivity index (χ1) is 8.75. The molecular weight excluding hydrogens is 268 g/mol. The highest BCUT2D eigenvalue weighted by Crippen LogP contribution is 2.29. The summed E-state index contributed by atoms with van der Waals surface area (Å²) in [4.78, 5) is 16.1. The fourth-order valence-corrected chi connectivity index (χ4v) is 2.88. The van der Waals surface area contributed by atoms with Gasteiger partial charge in [-0.05, 0) is 19.4 Å². The maximum atomic E-state index is 11.9. The fourth-order valence-electron chi connectivity index (χ4n) is 2.15. The molecule has 1 fully saturated rings. The number of nitriles is 1. The minimum absolute atomic E-state index is 0.0221. The van der Waals surface area contributed by atoms with Gasteiger partial charge in [0, 0.05) is 18.7 Å². The van der Waals surface area contributed by atoms with E-state index in [0.29, 0.717) is 11.4 Å². The number of anilines is 1. The van der Waals surface area contributed by atoms with Crippen LogP contribution < -0.4 is 10.0 Å². The van der Waals surface area contributed by atoms with Gasteiger partial charge in [0.15, 0.2) is 0 Å². The summed E-state index contributed by atoms with van der Waals surface area (Å²) in [6.07, 6.45) is -0.152. The van der Waals surface area contributed by atoms with Crippen molar-refractivity contribution >= 4 is 21.7 Å². The van der Waals surface area contributed by atoms with Gasteiger partial charge in [0.2, 0.25) is 15.9 Å². The van der Waals surface area contributed by atoms with Crippen LogP contribution in [-0.4, -0.2) is 31.1 Å². The van der Waals surface area contributed by atoms with E-state index in [1.54, 1.807) is 13.8 Å². The topological polar surface area (TPSA) is 120 Å². The van der Waals surface area contributed by atoms with E-state index in [-0.39, 0.29) is 18.9 Å². The van der Waals surface area contributed by atoms with Crippen molar-refractivity contribution in [1.82, 2.24) is 4.98 Å². The molecule has 0 spiro atoms. The van der Waals surface area contributed by atoms with Crippen molar-refractivity contribution in [3.8, 4) is 6.07 Å². The van der Waals surface area contributed by atoms with Crippen LogP contribution in [0.3, 0.4) is 0 Å². The largest absolute Gasteiger partial charge is 0.344 e. The Morgan fingerprint density at radius 2 is 2.11 bits per heavy atom. The van der Waals surface area contributed by atoms with E-state index in [0.717, 1.165) is 11.3 Å². The number of carbonyl (C=O) groups is 1. The van der Waals surface area contributed by atoms with Crippen LogP contribution in [0.1, 0.15) is 23.2 Å². The first kappa shape index (κ1) is 13.6. The minimum Gasteiger partial charge on any atom is -0.344 e. The second-order valence-corrected chi connectivity index (χ2v) is 6.47. The second kappa shape index (κ2) is 4.36. The molecule has 1 amide bonds. The molecule has 1 aromatic heterocycles. The number of aromatic amines is 1. The Morgan fingerprint density at radius 3 is 2.58 bits per heavy atom. The molecule has 0 aliphatic carbocycles. The number of nitrogens with zero attached hydrogens (tertiary/aromatic N) is 2. The number of carbonyl (C=O) groups excluding carboxylic acids is 1. The summed E-state index contributed by atoms with van der Waals surface area (Å²) in [6.45, 7) is 3.54. The van der Waals surface area contributed by atoms with Crippen molar-refractivity contribution < 1.29 is 13.2 Å². The lowest BCUT2D eigenvalue weighted by molar-refractivity contribution is -0.117. The average molecular weight is 282 g/mol. The number of rotatable bonds is 2. The van der Waals surface area contributed by atoms with Crippen LogP contribution in [-0.2, 0) is 14.8 Å². The summed E-state index contributed by atoms with van der Waals surface area (Å²) in [7, 11) is -3.76. The van der Waals surface area contributed by atoms with Crippen LogP contribution in [0.5, 0.6) is 0 Å². The molecule has 0 saturated carbocycles. The molecule has 3 N–H and O–H groups in total. The van der Waals surface area contributed by atoms with E-state index in [9.17, 15) is 13.2 Å². The molecule has 0 radical (unpaired) electrons. The Balaban J connectivity index is 2.42. The zero-order chi connectivity index (χ0) is 14.4. The summed E-state index contributed by atoms with van der Waals surface area (Å²) >= 11 is 0. The minimum atomic E-state index is -3.76. The molecule has 1 atom stereocenters. The number of sulfonamides is 1. The zero-order valence-corrected chi connectivity index (χ0v) is 11.4. The van der Waals surface area contributed by atoms with Gasteiger partial charge in [0.1, 0.15) is 17.1 Å². The molecule has 2 rings (SSSR count). The Labute approximate surface area is 111 Å². The number of nitrogens with two attached hydrogens (primary N) is 1. The van der Waals surface area contributed by atoms with Gasteiger partial charge in [-0.3, -0.25) is 9.69 Å². The van der Waals surface area contributed by atoms with Gasteiger partial charge in [-0.15, -0.1) is 0 Å². The highest BCUT2D eigenvalue weighted by molar-refractivity contribution is 7.89. The first-order valence-electron chi connectivity index (χ1n) is 5.67. The number of amides is 1. The molecule has 2 heterocycles. The molecule has 102 valence electrons. The van der Waals surface area contributed by atoms with E-state index in [1.165, 1.54) is 4.90 Å².